The quantitative estimate of drug-likeness (QED) is 0.638. The van der Waals surface area contributed by atoms with E-state index in [1.54, 1.807) is 0 Å². The number of nitro benzene ring substituents is 1. The van der Waals surface area contributed by atoms with Gasteiger partial charge in [0.1, 0.15) is 5.02 Å². The molecule has 1 atom stereocenters. The fraction of sp³-hybridized carbons (Fsp3) is 0.143. The Balaban J connectivity index is 2.32. The van der Waals surface area contributed by atoms with E-state index in [4.69, 9.17) is 11.6 Å². The molecule has 24 heavy (non-hydrogen) atoms. The van der Waals surface area contributed by atoms with Crippen LogP contribution in [0.5, 0.6) is 0 Å². The van der Waals surface area contributed by atoms with Gasteiger partial charge in [0.2, 0.25) is 10.0 Å². The van der Waals surface area contributed by atoms with Crippen molar-refractivity contribution in [3.8, 4) is 0 Å². The first-order valence-corrected chi connectivity index (χ1v) is 8.39. The van der Waals surface area contributed by atoms with Crippen LogP contribution in [0.15, 0.2) is 41.3 Å². The largest absolute Gasteiger partial charge is 0.289 e. The smallest absolute Gasteiger partial charge is 0.258 e. The highest BCUT2D eigenvalue weighted by Gasteiger charge is 2.23. The molecule has 0 aromatic heterocycles. The fourth-order valence-electron chi connectivity index (χ4n) is 1.95. The molecule has 6 nitrogen and oxygen atoms in total. The minimum atomic E-state index is -4.13. The van der Waals surface area contributed by atoms with E-state index in [-0.39, 0.29) is 15.5 Å². The molecule has 0 heterocycles. The van der Waals surface area contributed by atoms with E-state index in [9.17, 15) is 27.3 Å². The van der Waals surface area contributed by atoms with Gasteiger partial charge in [0.25, 0.3) is 5.69 Å². The first-order valence-electron chi connectivity index (χ1n) is 6.53. The van der Waals surface area contributed by atoms with Gasteiger partial charge in [-0.2, -0.15) is 0 Å². The topological polar surface area (TPSA) is 89.3 Å². The zero-order valence-corrected chi connectivity index (χ0v) is 13.7. The van der Waals surface area contributed by atoms with E-state index < -0.39 is 38.3 Å². The maximum absolute atomic E-state index is 13.2. The van der Waals surface area contributed by atoms with Crippen LogP contribution in [0.1, 0.15) is 18.5 Å². The summed E-state index contributed by atoms with van der Waals surface area (Å²) in [7, 11) is -4.13. The van der Waals surface area contributed by atoms with Crippen molar-refractivity contribution in [1.29, 1.82) is 0 Å². The minimum Gasteiger partial charge on any atom is -0.258 e. The van der Waals surface area contributed by atoms with Gasteiger partial charge in [-0.15, -0.1) is 0 Å². The number of nitrogens with one attached hydrogen (secondary N) is 1. The summed E-state index contributed by atoms with van der Waals surface area (Å²) in [6, 6.07) is 5.11. The summed E-state index contributed by atoms with van der Waals surface area (Å²) >= 11 is 5.64. The van der Waals surface area contributed by atoms with Gasteiger partial charge in [-0.25, -0.2) is 21.9 Å². The van der Waals surface area contributed by atoms with Crippen LogP contribution in [-0.2, 0) is 10.0 Å². The van der Waals surface area contributed by atoms with E-state index in [1.807, 2.05) is 0 Å². The van der Waals surface area contributed by atoms with Gasteiger partial charge in [0.15, 0.2) is 11.6 Å². The van der Waals surface area contributed by atoms with Crippen molar-refractivity contribution < 1.29 is 22.1 Å². The Morgan fingerprint density at radius 3 is 2.42 bits per heavy atom. The molecule has 0 aliphatic carbocycles. The maximum atomic E-state index is 13.2. The summed E-state index contributed by atoms with van der Waals surface area (Å²) in [5.74, 6) is -2.16. The average molecular weight is 377 g/mol. The van der Waals surface area contributed by atoms with Gasteiger partial charge in [-0.3, -0.25) is 10.1 Å². The van der Waals surface area contributed by atoms with Crippen LogP contribution in [0.25, 0.3) is 0 Å². The molecule has 1 N–H and O–H groups in total. The van der Waals surface area contributed by atoms with Crippen molar-refractivity contribution in [1.82, 2.24) is 4.72 Å². The van der Waals surface area contributed by atoms with Crippen LogP contribution >= 0.6 is 11.6 Å². The third kappa shape index (κ3) is 3.86. The lowest BCUT2D eigenvalue weighted by Crippen LogP contribution is -2.27. The Labute approximate surface area is 141 Å². The molecule has 0 aliphatic rings. The van der Waals surface area contributed by atoms with E-state index in [1.165, 1.54) is 13.0 Å². The Hall–Kier alpha value is -2.10. The number of nitrogens with zero attached hydrogens (tertiary/aromatic N) is 1. The Kier molecular flexibility index (Phi) is 5.16. The van der Waals surface area contributed by atoms with Crippen LogP contribution in [-0.4, -0.2) is 13.3 Å². The Morgan fingerprint density at radius 2 is 1.83 bits per heavy atom. The maximum Gasteiger partial charge on any atom is 0.289 e. The van der Waals surface area contributed by atoms with Crippen molar-refractivity contribution in [3.63, 3.8) is 0 Å². The van der Waals surface area contributed by atoms with E-state index in [0.717, 1.165) is 30.3 Å². The molecule has 0 unspecified atom stereocenters. The summed E-state index contributed by atoms with van der Waals surface area (Å²) < 4.78 is 53.0. The van der Waals surface area contributed by atoms with Gasteiger partial charge in [-0.05, 0) is 36.8 Å². The van der Waals surface area contributed by atoms with Crippen molar-refractivity contribution >= 4 is 27.3 Å². The summed E-state index contributed by atoms with van der Waals surface area (Å²) in [5.41, 5.74) is -0.360. The molecule has 0 radical (unpaired) electrons. The summed E-state index contributed by atoms with van der Waals surface area (Å²) in [5, 5.41) is 10.6. The minimum absolute atomic E-state index is 0.195. The molecular weight excluding hydrogens is 366 g/mol. The second-order valence-corrected chi connectivity index (χ2v) is 7.01. The molecule has 2 aromatic carbocycles. The van der Waals surface area contributed by atoms with Crippen molar-refractivity contribution in [2.45, 2.75) is 17.9 Å². The molecule has 0 saturated heterocycles. The lowest BCUT2D eigenvalue weighted by molar-refractivity contribution is -0.384. The first kappa shape index (κ1) is 18.2. The third-order valence-electron chi connectivity index (χ3n) is 3.20. The number of hydrogen-bond acceptors (Lipinski definition) is 4. The predicted molar refractivity (Wildman–Crippen MR) is 83.2 cm³/mol. The number of halogens is 3. The third-order valence-corrected chi connectivity index (χ3v) is 5.06. The fourth-order valence-corrected chi connectivity index (χ4v) is 3.39. The number of rotatable bonds is 5. The normalized spacial score (nSPS) is 12.8. The molecular formula is C14H11ClF2N2O4S. The zero-order chi connectivity index (χ0) is 18.1. The first-order chi connectivity index (χ1) is 11.1. The van der Waals surface area contributed by atoms with Crippen molar-refractivity contribution in [3.05, 3.63) is 68.7 Å². The van der Waals surface area contributed by atoms with Crippen LogP contribution in [0.4, 0.5) is 14.5 Å². The van der Waals surface area contributed by atoms with Crippen molar-refractivity contribution in [2.24, 2.45) is 0 Å². The van der Waals surface area contributed by atoms with Crippen LogP contribution in [0.2, 0.25) is 5.02 Å². The Morgan fingerprint density at radius 1 is 1.17 bits per heavy atom. The lowest BCUT2D eigenvalue weighted by Gasteiger charge is -2.15. The van der Waals surface area contributed by atoms with E-state index in [0.29, 0.717) is 0 Å². The van der Waals surface area contributed by atoms with Gasteiger partial charge in [-0.1, -0.05) is 17.7 Å². The number of benzene rings is 2. The molecule has 0 amide bonds. The van der Waals surface area contributed by atoms with Crippen LogP contribution < -0.4 is 4.72 Å². The molecule has 0 saturated carbocycles. The van der Waals surface area contributed by atoms with Crippen LogP contribution in [0.3, 0.4) is 0 Å². The van der Waals surface area contributed by atoms with Gasteiger partial charge in [0.05, 0.1) is 9.82 Å². The molecule has 10 heteroatoms. The summed E-state index contributed by atoms with van der Waals surface area (Å²) in [6.45, 7) is 1.43. The predicted octanol–water partition coefficient (Wildman–Crippen LogP) is 3.57. The molecule has 2 aromatic rings. The second-order valence-electron chi connectivity index (χ2n) is 4.89. The highest BCUT2D eigenvalue weighted by molar-refractivity contribution is 7.89. The lowest BCUT2D eigenvalue weighted by atomic mass is 10.1. The van der Waals surface area contributed by atoms with E-state index in [2.05, 4.69) is 4.72 Å². The molecule has 0 bridgehead atoms. The summed E-state index contributed by atoms with van der Waals surface area (Å²) in [4.78, 5) is 9.67. The number of sulfonamides is 1. The zero-order valence-electron chi connectivity index (χ0n) is 12.2. The van der Waals surface area contributed by atoms with Gasteiger partial charge >= 0.3 is 0 Å². The van der Waals surface area contributed by atoms with Crippen molar-refractivity contribution in [2.75, 3.05) is 0 Å². The standard InChI is InChI=1S/C14H11ClF2N2O4S/c1-8(9-2-5-12(16)13(17)6-9)18-24(22,23)10-3-4-11(15)14(7-10)19(20)21/h2-8,18H,1H3/t8-/m0/s1. The average Bonchev–Trinajstić information content (AvgIpc) is 2.49. The molecule has 0 aliphatic heterocycles. The summed E-state index contributed by atoms with van der Waals surface area (Å²) in [6.07, 6.45) is 0. The second kappa shape index (κ2) is 6.80. The SMILES string of the molecule is C[C@H](NS(=O)(=O)c1ccc(Cl)c([N+](=O)[O-])c1)c1ccc(F)c(F)c1. The van der Waals surface area contributed by atoms with E-state index >= 15 is 0 Å². The van der Waals surface area contributed by atoms with Gasteiger partial charge < -0.3 is 0 Å². The highest BCUT2D eigenvalue weighted by Crippen LogP contribution is 2.28. The molecule has 0 fully saturated rings. The molecule has 2 rings (SSSR count). The monoisotopic (exact) mass is 376 g/mol. The number of hydrogen-bond donors (Lipinski definition) is 1. The Bertz CT molecular complexity index is 906. The molecule has 128 valence electrons. The molecule has 0 spiro atoms. The highest BCUT2D eigenvalue weighted by atomic mass is 35.5. The van der Waals surface area contributed by atoms with Crippen LogP contribution in [0, 0.1) is 21.7 Å². The van der Waals surface area contributed by atoms with Gasteiger partial charge in [0, 0.05) is 12.1 Å². The number of nitro groups is 1.